The summed E-state index contributed by atoms with van der Waals surface area (Å²) < 4.78 is 46.0. The fourth-order valence-electron chi connectivity index (χ4n) is 3.16. The van der Waals surface area contributed by atoms with Crippen LogP contribution < -0.4 is 0 Å². The lowest BCUT2D eigenvalue weighted by molar-refractivity contribution is 0.668. The van der Waals surface area contributed by atoms with Gasteiger partial charge in [0.2, 0.25) is 0 Å². The number of hydrogen-bond acceptors (Lipinski definition) is 3. The molecular weight excluding hydrogens is 332 g/mol. The summed E-state index contributed by atoms with van der Waals surface area (Å²) in [7, 11) is 0. The van der Waals surface area contributed by atoms with Gasteiger partial charge in [0.15, 0.2) is 5.58 Å². The molecule has 3 heteroatoms. The standard InChI is InChI=1S/C24H18N2O/c1-16-7-9-23-24(26-16)20-15-19(8-10-22(20)27-23)21-14-18(11-12-25-21)13-17-5-3-2-4-6-17/h2-12,14-15H,13H2,1H3/i1D3,13D2. The molecule has 5 rings (SSSR count). The summed E-state index contributed by atoms with van der Waals surface area (Å²) in [5.41, 5.74) is 4.00. The average molecular weight is 355 g/mol. The minimum atomic E-state index is -2.31. The first-order valence-electron chi connectivity index (χ1n) is 11.1. The van der Waals surface area contributed by atoms with Gasteiger partial charge in [0.25, 0.3) is 0 Å². The first kappa shape index (κ1) is 11.3. The number of aromatic nitrogens is 2. The largest absolute Gasteiger partial charge is 0.454 e. The van der Waals surface area contributed by atoms with Crippen molar-refractivity contribution in [3.05, 3.63) is 95.8 Å². The highest BCUT2D eigenvalue weighted by Crippen LogP contribution is 2.31. The smallest absolute Gasteiger partial charge is 0.153 e. The van der Waals surface area contributed by atoms with Gasteiger partial charge in [-0.3, -0.25) is 4.98 Å². The second-order valence-electron chi connectivity index (χ2n) is 6.28. The van der Waals surface area contributed by atoms with Crippen molar-refractivity contribution in [1.29, 1.82) is 0 Å². The van der Waals surface area contributed by atoms with Crippen LogP contribution in [0.25, 0.3) is 33.3 Å². The Morgan fingerprint density at radius 3 is 2.70 bits per heavy atom. The lowest BCUT2D eigenvalue weighted by Crippen LogP contribution is -1.91. The summed E-state index contributed by atoms with van der Waals surface area (Å²) in [6.45, 7) is -2.31. The summed E-state index contributed by atoms with van der Waals surface area (Å²) in [5.74, 6) is 0. The van der Waals surface area contributed by atoms with Crippen molar-refractivity contribution < 1.29 is 11.3 Å². The predicted octanol–water partition coefficient (Wildman–Crippen LogP) is 5.94. The van der Waals surface area contributed by atoms with Crippen LogP contribution in [0, 0.1) is 6.85 Å². The third kappa shape index (κ3) is 2.97. The molecule has 0 N–H and O–H groups in total. The molecule has 0 amide bonds. The van der Waals surface area contributed by atoms with Crippen LogP contribution in [0.2, 0.25) is 0 Å². The molecule has 0 atom stereocenters. The average Bonchev–Trinajstić information content (AvgIpc) is 3.16. The van der Waals surface area contributed by atoms with E-state index in [1.54, 1.807) is 42.6 Å². The van der Waals surface area contributed by atoms with Crippen molar-refractivity contribution in [3.63, 3.8) is 0 Å². The van der Waals surface area contributed by atoms with Crippen LogP contribution in [0.3, 0.4) is 0 Å². The molecular formula is C24H18N2O. The van der Waals surface area contributed by atoms with Crippen LogP contribution in [0.15, 0.2) is 83.4 Å². The van der Waals surface area contributed by atoms with Gasteiger partial charge >= 0.3 is 0 Å². The molecule has 0 aliphatic carbocycles. The van der Waals surface area contributed by atoms with Gasteiger partial charge < -0.3 is 4.42 Å². The zero-order valence-electron chi connectivity index (χ0n) is 19.3. The highest BCUT2D eigenvalue weighted by atomic mass is 16.3. The molecule has 0 bridgehead atoms. The first-order chi connectivity index (χ1) is 15.2. The minimum Gasteiger partial charge on any atom is -0.454 e. The van der Waals surface area contributed by atoms with E-state index in [2.05, 4.69) is 9.97 Å². The molecule has 0 radical (unpaired) electrons. The number of benzene rings is 2. The van der Waals surface area contributed by atoms with Crippen molar-refractivity contribution in [2.24, 2.45) is 0 Å². The molecule has 0 aliphatic rings. The molecule has 3 nitrogen and oxygen atoms in total. The number of furan rings is 1. The van der Waals surface area contributed by atoms with E-state index in [1.807, 2.05) is 30.3 Å². The molecule has 0 fully saturated rings. The number of nitrogens with zero attached hydrogens (tertiary/aromatic N) is 2. The number of pyridine rings is 2. The lowest BCUT2D eigenvalue weighted by atomic mass is 10.0. The van der Waals surface area contributed by atoms with E-state index in [1.165, 1.54) is 6.07 Å². The zero-order valence-corrected chi connectivity index (χ0v) is 14.3. The van der Waals surface area contributed by atoms with Gasteiger partial charge in [0, 0.05) is 29.7 Å². The molecule has 0 saturated carbocycles. The highest BCUT2D eigenvalue weighted by molar-refractivity contribution is 6.03. The summed E-state index contributed by atoms with van der Waals surface area (Å²) in [4.78, 5) is 8.77. The Morgan fingerprint density at radius 1 is 0.926 bits per heavy atom. The van der Waals surface area contributed by atoms with Gasteiger partial charge in [-0.1, -0.05) is 30.3 Å². The summed E-state index contributed by atoms with van der Waals surface area (Å²) in [6, 6.07) is 21.0. The van der Waals surface area contributed by atoms with Crippen molar-refractivity contribution in [1.82, 2.24) is 9.97 Å². The van der Waals surface area contributed by atoms with Gasteiger partial charge in [-0.15, -0.1) is 0 Å². The summed E-state index contributed by atoms with van der Waals surface area (Å²) in [5, 5.41) is 0.682. The van der Waals surface area contributed by atoms with Gasteiger partial charge in [-0.05, 0) is 66.8 Å². The maximum atomic E-state index is 8.62. The molecule has 0 aliphatic heterocycles. The first-order valence-corrected chi connectivity index (χ1v) is 8.60. The molecule has 2 aromatic carbocycles. The Hall–Kier alpha value is -3.46. The van der Waals surface area contributed by atoms with Crippen molar-refractivity contribution in [3.8, 4) is 11.3 Å². The van der Waals surface area contributed by atoms with Crippen LogP contribution in [0.5, 0.6) is 0 Å². The quantitative estimate of drug-likeness (QED) is 0.402. The van der Waals surface area contributed by atoms with E-state index in [4.69, 9.17) is 11.3 Å². The second kappa shape index (κ2) is 6.36. The Labute approximate surface area is 164 Å². The van der Waals surface area contributed by atoms with Gasteiger partial charge in [0.1, 0.15) is 11.1 Å². The van der Waals surface area contributed by atoms with E-state index < -0.39 is 13.2 Å². The number of hydrogen-bond donors (Lipinski definition) is 0. The second-order valence-corrected chi connectivity index (χ2v) is 6.28. The molecule has 3 aromatic heterocycles. The molecule has 3 heterocycles. The molecule has 27 heavy (non-hydrogen) atoms. The zero-order chi connectivity index (χ0) is 22.5. The number of fused-ring (bicyclic) bond motifs is 3. The van der Waals surface area contributed by atoms with Crippen molar-refractivity contribution in [2.45, 2.75) is 13.2 Å². The number of rotatable bonds is 3. The SMILES string of the molecule is [2H]C([2H])([2H])c1ccc2oc3ccc(-c4cc(C([2H])([2H])c5ccccc5)ccn4)cc3c2n1. The summed E-state index contributed by atoms with van der Waals surface area (Å²) >= 11 is 0. The highest BCUT2D eigenvalue weighted by Gasteiger charge is 2.11. The topological polar surface area (TPSA) is 38.9 Å². The molecule has 130 valence electrons. The minimum absolute atomic E-state index is 0.00859. The Bertz CT molecular complexity index is 1440. The van der Waals surface area contributed by atoms with Crippen molar-refractivity contribution in [2.75, 3.05) is 0 Å². The van der Waals surface area contributed by atoms with E-state index in [-0.39, 0.29) is 5.69 Å². The van der Waals surface area contributed by atoms with E-state index in [9.17, 15) is 0 Å². The molecule has 0 unspecified atom stereocenters. The van der Waals surface area contributed by atoms with Crippen LogP contribution >= 0.6 is 0 Å². The van der Waals surface area contributed by atoms with Crippen LogP contribution in [0.4, 0.5) is 0 Å². The lowest BCUT2D eigenvalue weighted by Gasteiger charge is -2.05. The van der Waals surface area contributed by atoms with Crippen LogP contribution in [-0.4, -0.2) is 9.97 Å². The van der Waals surface area contributed by atoms with Crippen LogP contribution in [0.1, 0.15) is 23.7 Å². The monoisotopic (exact) mass is 355 g/mol. The Balaban J connectivity index is 1.62. The van der Waals surface area contributed by atoms with Crippen molar-refractivity contribution >= 4 is 22.1 Å². The Morgan fingerprint density at radius 2 is 1.81 bits per heavy atom. The Kier molecular flexibility index (Phi) is 2.66. The van der Waals surface area contributed by atoms with E-state index in [0.29, 0.717) is 38.9 Å². The number of aryl methyl sites for hydroxylation is 1. The predicted molar refractivity (Wildman–Crippen MR) is 109 cm³/mol. The van der Waals surface area contributed by atoms with E-state index >= 15 is 0 Å². The fourth-order valence-corrected chi connectivity index (χ4v) is 3.16. The maximum Gasteiger partial charge on any atom is 0.153 e. The molecule has 5 aromatic rings. The van der Waals surface area contributed by atoms with Gasteiger partial charge in [0.05, 0.1) is 5.69 Å². The van der Waals surface area contributed by atoms with Crippen LogP contribution in [-0.2, 0) is 6.37 Å². The van der Waals surface area contributed by atoms with Gasteiger partial charge in [-0.25, -0.2) is 4.98 Å². The third-order valence-corrected chi connectivity index (χ3v) is 4.43. The fraction of sp³-hybridized carbons (Fsp3) is 0.0833. The maximum absolute atomic E-state index is 8.62. The third-order valence-electron chi connectivity index (χ3n) is 4.43. The normalized spacial score (nSPS) is 15.0. The molecule has 0 saturated heterocycles. The summed E-state index contributed by atoms with van der Waals surface area (Å²) in [6.07, 6.45) is -0.0877. The van der Waals surface area contributed by atoms with E-state index in [0.717, 1.165) is 5.56 Å². The van der Waals surface area contributed by atoms with Gasteiger partial charge in [-0.2, -0.15) is 0 Å². The molecule has 0 spiro atoms.